The third-order valence-electron chi connectivity index (χ3n) is 4.06. The summed E-state index contributed by atoms with van der Waals surface area (Å²) in [6.45, 7) is 4.49. The van der Waals surface area contributed by atoms with Crippen LogP contribution in [0.4, 0.5) is 5.69 Å². The molecule has 2 N–H and O–H groups in total. The largest absolute Gasteiger partial charge is 0.493 e. The van der Waals surface area contributed by atoms with E-state index in [1.54, 1.807) is 25.3 Å². The van der Waals surface area contributed by atoms with Gasteiger partial charge in [-0.2, -0.15) is 0 Å². The average molecular weight is 439 g/mol. The fourth-order valence-corrected chi connectivity index (χ4v) is 2.77. The van der Waals surface area contributed by atoms with Crippen LogP contribution in [0.15, 0.2) is 40.9 Å². The number of aliphatic hydroxyl groups excluding tert-OH is 1. The summed E-state index contributed by atoms with van der Waals surface area (Å²) in [5.41, 5.74) is 1.25. The van der Waals surface area contributed by atoms with Gasteiger partial charge in [0.15, 0.2) is 11.5 Å². The second-order valence-corrected chi connectivity index (χ2v) is 7.52. The third-order valence-corrected chi connectivity index (χ3v) is 4.80. The molecule has 27 heavy (non-hydrogen) atoms. The molecule has 0 saturated heterocycles. The van der Waals surface area contributed by atoms with Crippen LogP contribution in [0.2, 0.25) is 0 Å². The second kappa shape index (κ2) is 9.16. The zero-order chi connectivity index (χ0) is 20.0. The fourth-order valence-electron chi connectivity index (χ4n) is 2.32. The monoisotopic (exact) mass is 438 g/mol. The van der Waals surface area contributed by atoms with Crippen molar-refractivity contribution in [1.29, 1.82) is 0 Å². The maximum absolute atomic E-state index is 10.8. The van der Waals surface area contributed by atoms with Gasteiger partial charge in [0.25, 0.3) is 5.69 Å². The van der Waals surface area contributed by atoms with E-state index in [-0.39, 0.29) is 18.9 Å². The van der Waals surface area contributed by atoms with E-state index in [1.165, 1.54) is 12.1 Å². The van der Waals surface area contributed by atoms with Crippen molar-refractivity contribution < 1.29 is 19.5 Å². The molecule has 2 rings (SSSR count). The van der Waals surface area contributed by atoms with Crippen molar-refractivity contribution in [3.8, 4) is 11.5 Å². The van der Waals surface area contributed by atoms with Crippen LogP contribution in [0.3, 0.4) is 0 Å². The van der Waals surface area contributed by atoms with Crippen LogP contribution in [-0.2, 0) is 13.2 Å². The number of benzene rings is 2. The van der Waals surface area contributed by atoms with Gasteiger partial charge < -0.3 is 19.9 Å². The number of nitro groups is 1. The number of halogens is 1. The molecule has 0 aromatic heterocycles. The van der Waals surface area contributed by atoms with Crippen LogP contribution >= 0.6 is 15.9 Å². The number of nitro benzene ring substituents is 1. The van der Waals surface area contributed by atoms with E-state index in [2.05, 4.69) is 21.2 Å². The lowest BCUT2D eigenvalue weighted by Crippen LogP contribution is -2.42. The van der Waals surface area contributed by atoms with Crippen molar-refractivity contribution in [1.82, 2.24) is 5.32 Å². The number of methoxy groups -OCH3 is 1. The first-order chi connectivity index (χ1) is 12.8. The minimum absolute atomic E-state index is 0.00638. The van der Waals surface area contributed by atoms with Crippen molar-refractivity contribution in [3.05, 3.63) is 62.1 Å². The molecule has 0 bridgehead atoms. The number of hydrogen-bond acceptors (Lipinski definition) is 6. The Morgan fingerprint density at radius 2 is 1.89 bits per heavy atom. The lowest BCUT2D eigenvalue weighted by molar-refractivity contribution is -0.384. The molecule has 0 radical (unpaired) electrons. The van der Waals surface area contributed by atoms with Gasteiger partial charge >= 0.3 is 0 Å². The molecule has 0 saturated carbocycles. The van der Waals surface area contributed by atoms with Gasteiger partial charge in [0.05, 0.1) is 18.6 Å². The number of ether oxygens (including phenoxy) is 2. The van der Waals surface area contributed by atoms with Gasteiger partial charge in [-0.15, -0.1) is 0 Å². The molecular weight excluding hydrogens is 416 g/mol. The number of hydrogen-bond donors (Lipinski definition) is 2. The molecule has 2 aromatic rings. The quantitative estimate of drug-likeness (QED) is 0.456. The minimum Gasteiger partial charge on any atom is -0.493 e. The fraction of sp³-hybridized carbons (Fsp3) is 0.368. The van der Waals surface area contributed by atoms with Gasteiger partial charge in [-0.25, -0.2) is 0 Å². The van der Waals surface area contributed by atoms with E-state index in [1.807, 2.05) is 19.9 Å². The smallest absolute Gasteiger partial charge is 0.269 e. The Balaban J connectivity index is 2.23. The first-order valence-electron chi connectivity index (χ1n) is 8.35. The van der Waals surface area contributed by atoms with Crippen molar-refractivity contribution in [2.45, 2.75) is 32.5 Å². The number of nitrogens with zero attached hydrogens (tertiary/aromatic N) is 1. The molecule has 0 aliphatic rings. The molecule has 146 valence electrons. The zero-order valence-corrected chi connectivity index (χ0v) is 17.1. The highest BCUT2D eigenvalue weighted by atomic mass is 79.9. The highest BCUT2D eigenvalue weighted by Crippen LogP contribution is 2.37. The highest BCUT2D eigenvalue weighted by Gasteiger charge is 2.20. The van der Waals surface area contributed by atoms with Gasteiger partial charge in [-0.3, -0.25) is 10.1 Å². The number of non-ortho nitro benzene ring substituents is 1. The van der Waals surface area contributed by atoms with Crippen molar-refractivity contribution in [2.75, 3.05) is 13.7 Å². The zero-order valence-electron chi connectivity index (χ0n) is 15.5. The number of nitrogens with one attached hydrogen (secondary N) is 1. The van der Waals surface area contributed by atoms with Gasteiger partial charge in [-0.1, -0.05) is 15.9 Å². The Labute approximate surface area is 166 Å². The summed E-state index contributed by atoms with van der Waals surface area (Å²) in [6, 6.07) is 9.90. The Bertz CT molecular complexity index is 793. The lowest BCUT2D eigenvalue weighted by Gasteiger charge is -2.25. The van der Waals surface area contributed by atoms with E-state index in [0.717, 1.165) is 15.6 Å². The molecule has 0 atom stereocenters. The molecule has 0 aliphatic carbocycles. The van der Waals surface area contributed by atoms with E-state index in [0.29, 0.717) is 18.0 Å². The maximum Gasteiger partial charge on any atom is 0.269 e. The van der Waals surface area contributed by atoms with Crippen LogP contribution in [0.25, 0.3) is 0 Å². The Morgan fingerprint density at radius 3 is 2.44 bits per heavy atom. The van der Waals surface area contributed by atoms with Crippen molar-refractivity contribution >= 4 is 21.6 Å². The summed E-state index contributed by atoms with van der Waals surface area (Å²) < 4.78 is 12.3. The van der Waals surface area contributed by atoms with Crippen molar-refractivity contribution in [3.63, 3.8) is 0 Å². The van der Waals surface area contributed by atoms with Crippen LogP contribution in [0, 0.1) is 10.1 Å². The summed E-state index contributed by atoms with van der Waals surface area (Å²) in [5, 5.41) is 23.5. The Kier molecular flexibility index (Phi) is 7.18. The minimum atomic E-state index is -0.446. The number of aliphatic hydroxyl groups is 1. The average Bonchev–Trinajstić information content (AvgIpc) is 2.65. The lowest BCUT2D eigenvalue weighted by atomic mass is 10.1. The van der Waals surface area contributed by atoms with Crippen molar-refractivity contribution in [2.24, 2.45) is 0 Å². The highest BCUT2D eigenvalue weighted by molar-refractivity contribution is 9.10. The first kappa shape index (κ1) is 21.1. The normalized spacial score (nSPS) is 11.3. The molecular formula is C19H23BrN2O5. The van der Waals surface area contributed by atoms with E-state index >= 15 is 0 Å². The molecule has 0 spiro atoms. The van der Waals surface area contributed by atoms with Crippen LogP contribution < -0.4 is 14.8 Å². The van der Waals surface area contributed by atoms with E-state index in [4.69, 9.17) is 9.47 Å². The topological polar surface area (TPSA) is 93.9 Å². The summed E-state index contributed by atoms with van der Waals surface area (Å²) >= 11 is 3.54. The van der Waals surface area contributed by atoms with E-state index in [9.17, 15) is 15.2 Å². The molecule has 0 fully saturated rings. The Hall–Kier alpha value is -2.16. The second-order valence-electron chi connectivity index (χ2n) is 6.67. The van der Waals surface area contributed by atoms with E-state index < -0.39 is 10.5 Å². The molecule has 0 aliphatic heterocycles. The first-order valence-corrected chi connectivity index (χ1v) is 9.14. The summed E-state index contributed by atoms with van der Waals surface area (Å²) in [7, 11) is 1.57. The van der Waals surface area contributed by atoms with Gasteiger partial charge in [0.1, 0.15) is 6.61 Å². The summed E-state index contributed by atoms with van der Waals surface area (Å²) in [4.78, 5) is 10.3. The Morgan fingerprint density at radius 1 is 1.22 bits per heavy atom. The maximum atomic E-state index is 10.8. The van der Waals surface area contributed by atoms with Gasteiger partial charge in [0, 0.05) is 34.3 Å². The molecule has 0 heterocycles. The summed E-state index contributed by atoms with van der Waals surface area (Å²) in [5.74, 6) is 1.16. The molecule has 7 nitrogen and oxygen atoms in total. The number of rotatable bonds is 9. The molecule has 8 heteroatoms. The van der Waals surface area contributed by atoms with Crippen LogP contribution in [0.5, 0.6) is 11.5 Å². The van der Waals surface area contributed by atoms with Gasteiger partial charge in [0.2, 0.25) is 0 Å². The molecule has 0 unspecified atom stereocenters. The predicted octanol–water partition coefficient (Wildman–Crippen LogP) is 3.81. The van der Waals surface area contributed by atoms with Gasteiger partial charge in [-0.05, 0) is 43.7 Å². The molecule has 2 aromatic carbocycles. The molecule has 0 amide bonds. The van der Waals surface area contributed by atoms with Crippen LogP contribution in [-0.4, -0.2) is 29.3 Å². The standard InChI is InChI=1S/C19H23BrN2O5/c1-19(2,12-23)21-10-15-16(20)8-9-17(26-3)18(15)27-11-13-4-6-14(7-5-13)22(24)25/h4-9,21,23H,10-12H2,1-3H3. The SMILES string of the molecule is COc1ccc(Br)c(CNC(C)(C)CO)c1OCc1ccc([N+](=O)[O-])cc1. The third kappa shape index (κ3) is 5.66. The predicted molar refractivity (Wildman–Crippen MR) is 106 cm³/mol. The summed E-state index contributed by atoms with van der Waals surface area (Å²) in [6.07, 6.45) is 0. The van der Waals surface area contributed by atoms with Crippen LogP contribution in [0.1, 0.15) is 25.0 Å².